The van der Waals surface area contributed by atoms with Crippen LogP contribution in [-0.4, -0.2) is 30.8 Å². The van der Waals surface area contributed by atoms with Crippen molar-refractivity contribution >= 4 is 12.0 Å². The maximum atomic E-state index is 12.9. The lowest BCUT2D eigenvalue weighted by atomic mass is 10.2. The Bertz CT molecular complexity index is 1020. The fourth-order valence-corrected chi connectivity index (χ4v) is 2.70. The Hall–Kier alpha value is -3.87. The summed E-state index contributed by atoms with van der Waals surface area (Å²) in [5, 5.41) is 0. The zero-order valence-electron chi connectivity index (χ0n) is 17.7. The van der Waals surface area contributed by atoms with Gasteiger partial charge < -0.3 is 18.9 Å². The van der Waals surface area contributed by atoms with Crippen molar-refractivity contribution in [3.05, 3.63) is 90.0 Å². The van der Waals surface area contributed by atoms with Crippen LogP contribution >= 0.6 is 0 Å². The lowest BCUT2D eigenvalue weighted by molar-refractivity contribution is -0.139. The fraction of sp³-hybridized carbons (Fsp3) is 0.200. The Kier molecular flexibility index (Phi) is 8.62. The van der Waals surface area contributed by atoms with E-state index >= 15 is 0 Å². The molecule has 0 saturated carbocycles. The Morgan fingerprint density at radius 1 is 0.969 bits per heavy atom. The van der Waals surface area contributed by atoms with Gasteiger partial charge in [0.15, 0.2) is 11.5 Å². The molecule has 0 saturated heterocycles. The van der Waals surface area contributed by atoms with Crippen molar-refractivity contribution in [2.24, 2.45) is 0 Å². The minimum Gasteiger partial charge on any atom is -0.490 e. The molecule has 0 unspecified atom stereocenters. The molecule has 0 amide bonds. The van der Waals surface area contributed by atoms with E-state index in [4.69, 9.17) is 18.9 Å². The van der Waals surface area contributed by atoms with Crippen LogP contribution in [-0.2, 0) is 16.1 Å². The molecule has 2 aromatic carbocycles. The van der Waals surface area contributed by atoms with E-state index in [1.54, 1.807) is 54.7 Å². The lowest BCUT2D eigenvalue weighted by Crippen LogP contribution is -2.10. The van der Waals surface area contributed by atoms with Crippen LogP contribution < -0.4 is 14.2 Å². The van der Waals surface area contributed by atoms with Crippen molar-refractivity contribution in [1.29, 1.82) is 0 Å². The summed E-state index contributed by atoms with van der Waals surface area (Å²) < 4.78 is 35.0. The van der Waals surface area contributed by atoms with Gasteiger partial charge in [-0.1, -0.05) is 12.1 Å². The second kappa shape index (κ2) is 12.1. The molecule has 1 aromatic heterocycles. The van der Waals surface area contributed by atoms with Gasteiger partial charge in [-0.3, -0.25) is 4.98 Å². The number of ether oxygens (including phenoxy) is 4. The predicted octanol–water partition coefficient (Wildman–Crippen LogP) is 4.83. The van der Waals surface area contributed by atoms with Gasteiger partial charge in [0, 0.05) is 12.3 Å². The van der Waals surface area contributed by atoms with E-state index in [0.717, 1.165) is 5.56 Å². The number of carbonyl (C=O) groups excluding carboxylic acids is 1. The molecule has 0 bridgehead atoms. The molecule has 0 spiro atoms. The van der Waals surface area contributed by atoms with Crippen molar-refractivity contribution in [1.82, 2.24) is 4.98 Å². The molecular formula is C25H24FNO5. The van der Waals surface area contributed by atoms with E-state index in [1.165, 1.54) is 18.2 Å². The number of halogens is 1. The number of rotatable bonds is 11. The minimum absolute atomic E-state index is 0.112. The third-order valence-electron chi connectivity index (χ3n) is 4.19. The second-order valence-corrected chi connectivity index (χ2v) is 6.55. The largest absolute Gasteiger partial charge is 0.490 e. The van der Waals surface area contributed by atoms with Gasteiger partial charge in [-0.05, 0) is 67.1 Å². The van der Waals surface area contributed by atoms with Gasteiger partial charge in [0.1, 0.15) is 31.4 Å². The molecule has 0 atom stereocenters. The van der Waals surface area contributed by atoms with Gasteiger partial charge in [-0.25, -0.2) is 9.18 Å². The summed E-state index contributed by atoms with van der Waals surface area (Å²) in [6.07, 6.45) is 4.64. The highest BCUT2D eigenvalue weighted by Gasteiger charge is 2.07. The maximum Gasteiger partial charge on any atom is 0.331 e. The molecule has 3 rings (SSSR count). The number of aromatic nitrogens is 1. The predicted molar refractivity (Wildman–Crippen MR) is 118 cm³/mol. The number of carbonyl (C=O) groups is 1. The highest BCUT2D eigenvalue weighted by atomic mass is 19.1. The summed E-state index contributed by atoms with van der Waals surface area (Å²) in [4.78, 5) is 16.1. The molecule has 0 aliphatic heterocycles. The molecule has 166 valence electrons. The average molecular weight is 437 g/mol. The van der Waals surface area contributed by atoms with Gasteiger partial charge in [0.25, 0.3) is 0 Å². The van der Waals surface area contributed by atoms with E-state index in [0.29, 0.717) is 36.2 Å². The molecule has 0 N–H and O–H groups in total. The smallest absolute Gasteiger partial charge is 0.331 e. The Balaban J connectivity index is 1.51. The van der Waals surface area contributed by atoms with Crippen LogP contribution in [0.3, 0.4) is 0 Å². The maximum absolute atomic E-state index is 12.9. The Labute approximate surface area is 186 Å². The van der Waals surface area contributed by atoms with Crippen LogP contribution in [0.15, 0.2) is 72.9 Å². The van der Waals surface area contributed by atoms with Gasteiger partial charge in [0.05, 0.1) is 12.3 Å². The van der Waals surface area contributed by atoms with Crippen LogP contribution in [0.4, 0.5) is 4.39 Å². The van der Waals surface area contributed by atoms with Crippen molar-refractivity contribution in [2.45, 2.75) is 13.5 Å². The van der Waals surface area contributed by atoms with Crippen LogP contribution in [0.2, 0.25) is 0 Å². The molecule has 0 fully saturated rings. The van der Waals surface area contributed by atoms with Crippen molar-refractivity contribution in [3.63, 3.8) is 0 Å². The molecule has 0 aliphatic rings. The molecule has 0 aliphatic carbocycles. The second-order valence-electron chi connectivity index (χ2n) is 6.55. The molecular weight excluding hydrogens is 413 g/mol. The normalized spacial score (nSPS) is 10.7. The van der Waals surface area contributed by atoms with Crippen LogP contribution in [0.1, 0.15) is 18.2 Å². The number of hydrogen-bond donors (Lipinski definition) is 0. The first kappa shape index (κ1) is 22.8. The number of nitrogens with zero attached hydrogens (tertiary/aromatic N) is 1. The Morgan fingerprint density at radius 3 is 2.53 bits per heavy atom. The zero-order valence-corrected chi connectivity index (χ0v) is 17.7. The number of benzene rings is 2. The molecule has 32 heavy (non-hydrogen) atoms. The van der Waals surface area contributed by atoms with Crippen LogP contribution in [0.25, 0.3) is 6.08 Å². The average Bonchev–Trinajstić information content (AvgIpc) is 2.82. The first-order valence-electron chi connectivity index (χ1n) is 10.2. The van der Waals surface area contributed by atoms with Crippen molar-refractivity contribution in [3.8, 4) is 17.2 Å². The van der Waals surface area contributed by atoms with E-state index in [9.17, 15) is 9.18 Å². The molecule has 7 heteroatoms. The number of pyridine rings is 1. The third kappa shape index (κ3) is 7.43. The Morgan fingerprint density at radius 2 is 1.78 bits per heavy atom. The first-order valence-corrected chi connectivity index (χ1v) is 10.2. The van der Waals surface area contributed by atoms with Gasteiger partial charge in [0.2, 0.25) is 0 Å². The molecule has 1 heterocycles. The number of hydrogen-bond acceptors (Lipinski definition) is 6. The van der Waals surface area contributed by atoms with E-state index in [2.05, 4.69) is 4.98 Å². The highest BCUT2D eigenvalue weighted by molar-refractivity contribution is 5.87. The molecule has 3 aromatic rings. The topological polar surface area (TPSA) is 66.9 Å². The monoisotopic (exact) mass is 437 g/mol. The summed E-state index contributed by atoms with van der Waals surface area (Å²) >= 11 is 0. The van der Waals surface area contributed by atoms with Crippen molar-refractivity contribution < 1.29 is 28.1 Å². The van der Waals surface area contributed by atoms with Crippen LogP contribution in [0, 0.1) is 5.82 Å². The summed E-state index contributed by atoms with van der Waals surface area (Å²) in [7, 11) is 0. The summed E-state index contributed by atoms with van der Waals surface area (Å²) in [6, 6.07) is 16.6. The van der Waals surface area contributed by atoms with Gasteiger partial charge >= 0.3 is 5.97 Å². The molecule has 6 nitrogen and oxygen atoms in total. The SMILES string of the molecule is CCOc1cc(/C=C/C(=O)OCc2ccccn2)ccc1OCCOc1ccc(F)cc1. The summed E-state index contributed by atoms with van der Waals surface area (Å²) in [5.74, 6) is 0.899. The zero-order chi connectivity index (χ0) is 22.6. The first-order chi connectivity index (χ1) is 15.6. The third-order valence-corrected chi connectivity index (χ3v) is 4.19. The van der Waals surface area contributed by atoms with Gasteiger partial charge in [-0.2, -0.15) is 0 Å². The van der Waals surface area contributed by atoms with E-state index < -0.39 is 5.97 Å². The summed E-state index contributed by atoms with van der Waals surface area (Å²) in [6.45, 7) is 3.02. The quantitative estimate of drug-likeness (QED) is 0.243. The number of esters is 1. The highest BCUT2D eigenvalue weighted by Crippen LogP contribution is 2.29. The van der Waals surface area contributed by atoms with E-state index in [-0.39, 0.29) is 19.0 Å². The van der Waals surface area contributed by atoms with Crippen LogP contribution in [0.5, 0.6) is 17.2 Å². The minimum atomic E-state index is -0.466. The van der Waals surface area contributed by atoms with E-state index in [1.807, 2.05) is 13.0 Å². The lowest BCUT2D eigenvalue weighted by Gasteiger charge is -2.13. The van der Waals surface area contributed by atoms with Gasteiger partial charge in [-0.15, -0.1) is 0 Å². The summed E-state index contributed by atoms with van der Waals surface area (Å²) in [5.41, 5.74) is 1.44. The molecule has 0 radical (unpaired) electrons. The van der Waals surface area contributed by atoms with Crippen molar-refractivity contribution in [2.75, 3.05) is 19.8 Å². The standard InChI is InChI=1S/C25H24FNO5/c1-2-29-24-17-19(7-13-25(28)32-18-21-5-3-4-14-27-21)6-12-23(24)31-16-15-30-22-10-8-20(26)9-11-22/h3-14,17H,2,15-16,18H2,1H3/b13-7+. The fourth-order valence-electron chi connectivity index (χ4n) is 2.70.